The fraction of sp³-hybridized carbons (Fsp3) is 0.786. The third-order valence-corrected chi connectivity index (χ3v) is 6.31. The second kappa shape index (κ2) is 19.9. The molecular formula is C28H52N2. The molecule has 0 unspecified atom stereocenters. The minimum atomic E-state index is 0.779. The van der Waals surface area contributed by atoms with Gasteiger partial charge in [-0.05, 0) is 38.4 Å². The topological polar surface area (TPSA) is 29.3 Å². The summed E-state index contributed by atoms with van der Waals surface area (Å²) in [4.78, 5) is 2.52. The van der Waals surface area contributed by atoms with Crippen molar-refractivity contribution in [2.75, 3.05) is 24.5 Å². The summed E-state index contributed by atoms with van der Waals surface area (Å²) in [6.45, 7) is 7.48. The van der Waals surface area contributed by atoms with Gasteiger partial charge in [0.2, 0.25) is 0 Å². The monoisotopic (exact) mass is 416 g/mol. The Morgan fingerprint density at radius 3 is 1.40 bits per heavy atom. The summed E-state index contributed by atoms with van der Waals surface area (Å²) in [6.07, 6.45) is 23.9. The zero-order valence-corrected chi connectivity index (χ0v) is 20.5. The van der Waals surface area contributed by atoms with Gasteiger partial charge < -0.3 is 10.6 Å². The van der Waals surface area contributed by atoms with E-state index in [1.165, 1.54) is 121 Å². The smallest absolute Gasteiger partial charge is 0.0366 e. The Kier molecular flexibility index (Phi) is 17.9. The molecule has 0 aliphatic rings. The second-order valence-electron chi connectivity index (χ2n) is 9.27. The largest absolute Gasteiger partial charge is 0.371 e. The fourth-order valence-corrected chi connectivity index (χ4v) is 4.26. The number of nitrogens with two attached hydrogens (primary N) is 1. The molecule has 0 saturated carbocycles. The molecule has 0 fully saturated rings. The maximum Gasteiger partial charge on any atom is 0.0366 e. The van der Waals surface area contributed by atoms with Gasteiger partial charge in [-0.2, -0.15) is 0 Å². The summed E-state index contributed by atoms with van der Waals surface area (Å²) in [6, 6.07) is 8.97. The van der Waals surface area contributed by atoms with Crippen LogP contribution in [-0.2, 0) is 0 Å². The van der Waals surface area contributed by atoms with E-state index in [9.17, 15) is 0 Å². The van der Waals surface area contributed by atoms with Gasteiger partial charge in [-0.25, -0.2) is 0 Å². The molecule has 0 aliphatic carbocycles. The molecule has 0 radical (unpaired) electrons. The predicted octanol–water partition coefficient (Wildman–Crippen LogP) is 8.41. The van der Waals surface area contributed by atoms with E-state index in [2.05, 4.69) is 43.0 Å². The molecule has 0 atom stereocenters. The van der Waals surface area contributed by atoms with Crippen LogP contribution in [0.2, 0.25) is 0 Å². The molecule has 2 N–H and O–H groups in total. The molecule has 0 saturated heterocycles. The van der Waals surface area contributed by atoms with Gasteiger partial charge in [0, 0.05) is 18.8 Å². The summed E-state index contributed by atoms with van der Waals surface area (Å²) >= 11 is 0. The first-order valence-electron chi connectivity index (χ1n) is 13.3. The van der Waals surface area contributed by atoms with E-state index >= 15 is 0 Å². The van der Waals surface area contributed by atoms with Gasteiger partial charge in [0.25, 0.3) is 0 Å². The second-order valence-corrected chi connectivity index (χ2v) is 9.27. The molecule has 2 heteroatoms. The van der Waals surface area contributed by atoms with E-state index in [-0.39, 0.29) is 0 Å². The van der Waals surface area contributed by atoms with Gasteiger partial charge in [-0.15, -0.1) is 0 Å². The highest BCUT2D eigenvalue weighted by atomic mass is 15.1. The van der Waals surface area contributed by atoms with Crippen LogP contribution in [0.3, 0.4) is 0 Å². The van der Waals surface area contributed by atoms with Crippen molar-refractivity contribution in [3.8, 4) is 0 Å². The molecule has 0 spiro atoms. The van der Waals surface area contributed by atoms with Crippen molar-refractivity contribution in [2.24, 2.45) is 5.73 Å². The summed E-state index contributed by atoms with van der Waals surface area (Å²) in [7, 11) is 0. The van der Waals surface area contributed by atoms with Crippen LogP contribution in [0.25, 0.3) is 0 Å². The summed E-state index contributed by atoms with van der Waals surface area (Å²) in [5.41, 5.74) is 8.43. The molecule has 0 aromatic heterocycles. The Morgan fingerprint density at radius 2 is 0.967 bits per heavy atom. The maximum atomic E-state index is 5.74. The normalized spacial score (nSPS) is 11.2. The Balaban J connectivity index is 1.94. The molecule has 1 aromatic carbocycles. The summed E-state index contributed by atoms with van der Waals surface area (Å²) in [5, 5.41) is 0. The molecule has 0 amide bonds. The number of anilines is 1. The van der Waals surface area contributed by atoms with Gasteiger partial charge in [-0.1, -0.05) is 121 Å². The SMILES string of the molecule is CCCCCCCCCCCCCCCCCCN(CCCN)c1ccc(C)cc1. The van der Waals surface area contributed by atoms with E-state index in [0.717, 1.165) is 19.5 Å². The molecule has 2 nitrogen and oxygen atoms in total. The lowest BCUT2D eigenvalue weighted by Gasteiger charge is -2.25. The molecular weight excluding hydrogens is 364 g/mol. The third-order valence-electron chi connectivity index (χ3n) is 6.31. The Bertz CT molecular complexity index is 468. The summed E-state index contributed by atoms with van der Waals surface area (Å²) < 4.78 is 0. The molecule has 30 heavy (non-hydrogen) atoms. The van der Waals surface area contributed by atoms with E-state index in [0.29, 0.717) is 0 Å². The van der Waals surface area contributed by atoms with Gasteiger partial charge in [0.1, 0.15) is 0 Å². The van der Waals surface area contributed by atoms with E-state index in [4.69, 9.17) is 5.73 Å². The van der Waals surface area contributed by atoms with Crippen LogP contribution >= 0.6 is 0 Å². The first-order valence-corrected chi connectivity index (χ1v) is 13.3. The van der Waals surface area contributed by atoms with Crippen LogP contribution in [-0.4, -0.2) is 19.6 Å². The third kappa shape index (κ3) is 14.9. The first kappa shape index (κ1) is 27.0. The lowest BCUT2D eigenvalue weighted by Crippen LogP contribution is -2.27. The standard InChI is InChI=1S/C28H52N2/c1-3-4-5-6-7-8-9-10-11-12-13-14-15-16-17-18-25-30(26-19-24-29)28-22-20-27(2)21-23-28/h20-23H,3-19,24-26,29H2,1-2H3. The number of unbranched alkanes of at least 4 members (excludes halogenated alkanes) is 15. The average Bonchev–Trinajstić information content (AvgIpc) is 2.76. The lowest BCUT2D eigenvalue weighted by molar-refractivity contribution is 0.528. The predicted molar refractivity (Wildman–Crippen MR) is 137 cm³/mol. The van der Waals surface area contributed by atoms with Crippen molar-refractivity contribution in [2.45, 2.75) is 123 Å². The Morgan fingerprint density at radius 1 is 0.567 bits per heavy atom. The first-order chi connectivity index (χ1) is 14.8. The van der Waals surface area contributed by atoms with E-state index < -0.39 is 0 Å². The number of hydrogen-bond donors (Lipinski definition) is 1. The highest BCUT2D eigenvalue weighted by Gasteiger charge is 2.05. The molecule has 174 valence electrons. The van der Waals surface area contributed by atoms with Crippen LogP contribution in [0.15, 0.2) is 24.3 Å². The minimum Gasteiger partial charge on any atom is -0.371 e. The molecule has 1 aromatic rings. The van der Waals surface area contributed by atoms with Crippen molar-refractivity contribution in [1.82, 2.24) is 0 Å². The van der Waals surface area contributed by atoms with Crippen molar-refractivity contribution in [1.29, 1.82) is 0 Å². The van der Waals surface area contributed by atoms with Crippen molar-refractivity contribution in [3.63, 3.8) is 0 Å². The number of hydrogen-bond acceptors (Lipinski definition) is 2. The van der Waals surface area contributed by atoms with Gasteiger partial charge in [0.15, 0.2) is 0 Å². The zero-order valence-electron chi connectivity index (χ0n) is 20.5. The molecule has 0 bridgehead atoms. The van der Waals surface area contributed by atoms with Crippen LogP contribution in [0, 0.1) is 6.92 Å². The van der Waals surface area contributed by atoms with Crippen molar-refractivity contribution >= 4 is 5.69 Å². The number of rotatable bonds is 21. The Labute approximate surface area is 189 Å². The van der Waals surface area contributed by atoms with Crippen LogP contribution in [0.4, 0.5) is 5.69 Å². The van der Waals surface area contributed by atoms with Gasteiger partial charge in [-0.3, -0.25) is 0 Å². The molecule has 0 heterocycles. The number of nitrogens with zero attached hydrogens (tertiary/aromatic N) is 1. The lowest BCUT2D eigenvalue weighted by atomic mass is 10.0. The van der Waals surface area contributed by atoms with Crippen molar-refractivity contribution in [3.05, 3.63) is 29.8 Å². The summed E-state index contributed by atoms with van der Waals surface area (Å²) in [5.74, 6) is 0. The highest BCUT2D eigenvalue weighted by molar-refractivity contribution is 5.47. The maximum absolute atomic E-state index is 5.74. The van der Waals surface area contributed by atoms with Gasteiger partial charge in [0.05, 0.1) is 0 Å². The zero-order chi connectivity index (χ0) is 21.7. The molecule has 0 aliphatic heterocycles. The number of benzene rings is 1. The van der Waals surface area contributed by atoms with Crippen LogP contribution in [0.5, 0.6) is 0 Å². The number of aryl methyl sites for hydroxylation is 1. The van der Waals surface area contributed by atoms with E-state index in [1.54, 1.807) is 0 Å². The fourth-order valence-electron chi connectivity index (χ4n) is 4.26. The quantitative estimate of drug-likeness (QED) is 0.204. The van der Waals surface area contributed by atoms with Crippen molar-refractivity contribution < 1.29 is 0 Å². The minimum absolute atomic E-state index is 0.779. The highest BCUT2D eigenvalue weighted by Crippen LogP contribution is 2.17. The van der Waals surface area contributed by atoms with Gasteiger partial charge >= 0.3 is 0 Å². The van der Waals surface area contributed by atoms with E-state index in [1.807, 2.05) is 0 Å². The van der Waals surface area contributed by atoms with Crippen LogP contribution in [0.1, 0.15) is 122 Å². The average molecular weight is 417 g/mol. The Hall–Kier alpha value is -1.02. The van der Waals surface area contributed by atoms with Crippen LogP contribution < -0.4 is 10.6 Å². The molecule has 1 rings (SSSR count).